The molecule has 4 rings (SSSR count). The van der Waals surface area contributed by atoms with E-state index >= 15 is 0 Å². The second-order valence-electron chi connectivity index (χ2n) is 6.00. The largest absolute Gasteiger partial charge is 0.487 e. The topological polar surface area (TPSA) is 36.9 Å². The minimum Gasteiger partial charge on any atom is -0.487 e. The van der Waals surface area contributed by atoms with Crippen LogP contribution in [0.4, 0.5) is 4.39 Å². The lowest BCUT2D eigenvalue weighted by Crippen LogP contribution is -2.34. The standard InChI is InChI=1S/C19H17ClFN3O/c20-18-8-14(21)6-7-17(18)13-9-22-19-23-15(11-24(19)10-13)12-25-16-4-2-1-3-5-16/h1-5,8-11,19,23H,6-7,12H2. The van der Waals surface area contributed by atoms with Crippen molar-refractivity contribution in [2.75, 3.05) is 6.61 Å². The van der Waals surface area contributed by atoms with Gasteiger partial charge in [0.05, 0.1) is 5.70 Å². The summed E-state index contributed by atoms with van der Waals surface area (Å²) in [4.78, 5) is 6.49. The van der Waals surface area contributed by atoms with Gasteiger partial charge in [-0.1, -0.05) is 29.8 Å². The number of aliphatic imine (C=N–C) groups is 1. The van der Waals surface area contributed by atoms with Crippen LogP contribution in [0.1, 0.15) is 12.8 Å². The molecular weight excluding hydrogens is 341 g/mol. The third-order valence-corrected chi connectivity index (χ3v) is 4.55. The summed E-state index contributed by atoms with van der Waals surface area (Å²) in [5.74, 6) is 0.644. The lowest BCUT2D eigenvalue weighted by Gasteiger charge is -2.25. The van der Waals surface area contributed by atoms with Crippen LogP contribution in [0.25, 0.3) is 0 Å². The van der Waals surface area contributed by atoms with E-state index in [-0.39, 0.29) is 12.1 Å². The van der Waals surface area contributed by atoms with Crippen LogP contribution in [0.15, 0.2) is 81.5 Å². The van der Waals surface area contributed by atoms with Crippen molar-refractivity contribution in [3.63, 3.8) is 0 Å². The van der Waals surface area contributed by atoms with Gasteiger partial charge < -0.3 is 15.0 Å². The molecule has 1 aromatic carbocycles. The Bertz CT molecular complexity index is 826. The zero-order chi connectivity index (χ0) is 17.2. The number of hydrogen-bond acceptors (Lipinski definition) is 4. The van der Waals surface area contributed by atoms with E-state index in [1.54, 1.807) is 6.21 Å². The Morgan fingerprint density at radius 2 is 2.08 bits per heavy atom. The number of nitrogens with one attached hydrogen (secondary N) is 1. The van der Waals surface area contributed by atoms with Gasteiger partial charge in [-0.25, -0.2) is 9.38 Å². The van der Waals surface area contributed by atoms with E-state index in [1.807, 2.05) is 47.6 Å². The highest BCUT2D eigenvalue weighted by Crippen LogP contribution is 2.33. The average Bonchev–Trinajstić information content (AvgIpc) is 3.03. The van der Waals surface area contributed by atoms with E-state index < -0.39 is 0 Å². The molecule has 0 fully saturated rings. The molecule has 0 saturated heterocycles. The molecule has 0 bridgehead atoms. The number of fused-ring (bicyclic) bond motifs is 1. The van der Waals surface area contributed by atoms with Gasteiger partial charge in [0.2, 0.25) is 0 Å². The monoisotopic (exact) mass is 357 g/mol. The highest BCUT2D eigenvalue weighted by molar-refractivity contribution is 6.32. The molecule has 1 unspecified atom stereocenters. The summed E-state index contributed by atoms with van der Waals surface area (Å²) in [6.07, 6.45) is 7.92. The lowest BCUT2D eigenvalue weighted by molar-refractivity contribution is 0.331. The minimum atomic E-state index is -0.178. The van der Waals surface area contributed by atoms with Crippen LogP contribution in [-0.2, 0) is 0 Å². The fourth-order valence-electron chi connectivity index (χ4n) is 2.95. The summed E-state index contributed by atoms with van der Waals surface area (Å²) in [5.41, 5.74) is 2.78. The Morgan fingerprint density at radius 1 is 1.24 bits per heavy atom. The fraction of sp³-hybridized carbons (Fsp3) is 0.211. The summed E-state index contributed by atoms with van der Waals surface area (Å²) < 4.78 is 19.1. The Balaban J connectivity index is 1.47. The Labute approximate surface area is 150 Å². The first kappa shape index (κ1) is 16.0. The summed E-state index contributed by atoms with van der Waals surface area (Å²) >= 11 is 6.19. The normalized spacial score (nSPS) is 22.1. The van der Waals surface area contributed by atoms with Crippen molar-refractivity contribution in [1.82, 2.24) is 10.2 Å². The SMILES string of the molecule is FC1=CC(Cl)=C(C2=CN3C=C(COc4ccccc4)NC3N=C2)CC1. The van der Waals surface area contributed by atoms with Crippen LogP contribution in [0.5, 0.6) is 5.75 Å². The Hall–Kier alpha value is -2.53. The Kier molecular flexibility index (Phi) is 4.32. The molecule has 6 heteroatoms. The molecule has 0 amide bonds. The number of halogens is 2. The van der Waals surface area contributed by atoms with E-state index in [9.17, 15) is 4.39 Å². The van der Waals surface area contributed by atoms with Crippen molar-refractivity contribution in [2.45, 2.75) is 19.1 Å². The Morgan fingerprint density at radius 3 is 2.88 bits per heavy atom. The molecule has 1 N–H and O–H groups in total. The zero-order valence-corrected chi connectivity index (χ0v) is 14.2. The minimum absolute atomic E-state index is 0.173. The molecule has 25 heavy (non-hydrogen) atoms. The number of hydrogen-bond donors (Lipinski definition) is 1. The number of para-hydroxylation sites is 1. The van der Waals surface area contributed by atoms with E-state index in [4.69, 9.17) is 16.3 Å². The highest BCUT2D eigenvalue weighted by atomic mass is 35.5. The number of benzene rings is 1. The molecule has 1 aromatic rings. The molecule has 0 radical (unpaired) electrons. The summed E-state index contributed by atoms with van der Waals surface area (Å²) in [5, 5.41) is 3.75. The zero-order valence-electron chi connectivity index (χ0n) is 13.5. The van der Waals surface area contributed by atoms with Gasteiger partial charge in [0, 0.05) is 35.6 Å². The third kappa shape index (κ3) is 3.46. The molecule has 4 nitrogen and oxygen atoms in total. The number of nitrogens with zero attached hydrogens (tertiary/aromatic N) is 2. The van der Waals surface area contributed by atoms with Crippen molar-refractivity contribution >= 4 is 17.8 Å². The maximum atomic E-state index is 13.3. The molecular formula is C19H17ClFN3O. The van der Waals surface area contributed by atoms with E-state index in [0.29, 0.717) is 24.5 Å². The second-order valence-corrected chi connectivity index (χ2v) is 6.41. The molecule has 1 aliphatic carbocycles. The fourth-order valence-corrected chi connectivity index (χ4v) is 3.27. The first-order valence-electron chi connectivity index (χ1n) is 8.12. The van der Waals surface area contributed by atoms with Crippen LogP contribution < -0.4 is 10.1 Å². The average molecular weight is 358 g/mol. The van der Waals surface area contributed by atoms with Gasteiger partial charge in [-0.3, -0.25) is 0 Å². The maximum absolute atomic E-state index is 13.3. The van der Waals surface area contributed by atoms with E-state index in [1.165, 1.54) is 6.08 Å². The van der Waals surface area contributed by atoms with Crippen molar-refractivity contribution in [1.29, 1.82) is 0 Å². The van der Waals surface area contributed by atoms with Gasteiger partial charge in [-0.15, -0.1) is 0 Å². The number of allylic oxidation sites excluding steroid dienone is 5. The maximum Gasteiger partial charge on any atom is 0.199 e. The van der Waals surface area contributed by atoms with E-state index in [0.717, 1.165) is 22.6 Å². The van der Waals surface area contributed by atoms with Crippen molar-refractivity contribution in [2.24, 2.45) is 4.99 Å². The molecule has 2 heterocycles. The molecule has 3 aliphatic rings. The molecule has 2 aliphatic heterocycles. The predicted molar refractivity (Wildman–Crippen MR) is 96.7 cm³/mol. The third-order valence-electron chi connectivity index (χ3n) is 4.22. The van der Waals surface area contributed by atoms with E-state index in [2.05, 4.69) is 10.3 Å². The number of ether oxygens (including phenoxy) is 1. The first-order chi connectivity index (χ1) is 12.2. The summed E-state index contributed by atoms with van der Waals surface area (Å²) in [7, 11) is 0. The van der Waals surface area contributed by atoms with Crippen LogP contribution in [0.3, 0.4) is 0 Å². The van der Waals surface area contributed by atoms with Gasteiger partial charge in [-0.2, -0.15) is 0 Å². The van der Waals surface area contributed by atoms with Gasteiger partial charge in [-0.05, 0) is 30.2 Å². The lowest BCUT2D eigenvalue weighted by atomic mass is 9.97. The van der Waals surface area contributed by atoms with Crippen LogP contribution in [0, 0.1) is 0 Å². The van der Waals surface area contributed by atoms with Crippen LogP contribution in [0.2, 0.25) is 0 Å². The van der Waals surface area contributed by atoms with Gasteiger partial charge in [0.15, 0.2) is 6.29 Å². The summed E-state index contributed by atoms with van der Waals surface area (Å²) in [6, 6.07) is 9.67. The van der Waals surface area contributed by atoms with Crippen LogP contribution in [-0.4, -0.2) is 24.0 Å². The first-order valence-corrected chi connectivity index (χ1v) is 8.49. The molecule has 0 spiro atoms. The quantitative estimate of drug-likeness (QED) is 0.877. The van der Waals surface area contributed by atoms with Gasteiger partial charge >= 0.3 is 0 Å². The molecule has 128 valence electrons. The molecule has 0 saturated carbocycles. The van der Waals surface area contributed by atoms with Crippen molar-refractivity contribution in [3.8, 4) is 5.75 Å². The summed E-state index contributed by atoms with van der Waals surface area (Å²) in [6.45, 7) is 0.438. The van der Waals surface area contributed by atoms with Crippen molar-refractivity contribution in [3.05, 3.63) is 76.5 Å². The number of rotatable bonds is 4. The second kappa shape index (κ2) is 6.76. The van der Waals surface area contributed by atoms with Crippen molar-refractivity contribution < 1.29 is 9.13 Å². The highest BCUT2D eigenvalue weighted by Gasteiger charge is 2.26. The smallest absolute Gasteiger partial charge is 0.199 e. The van der Waals surface area contributed by atoms with Gasteiger partial charge in [0.1, 0.15) is 18.2 Å². The van der Waals surface area contributed by atoms with Gasteiger partial charge in [0.25, 0.3) is 0 Å². The molecule has 1 atom stereocenters. The van der Waals surface area contributed by atoms with Crippen LogP contribution >= 0.6 is 11.6 Å². The predicted octanol–water partition coefficient (Wildman–Crippen LogP) is 4.20. The molecule has 0 aromatic heterocycles.